The lowest BCUT2D eigenvalue weighted by atomic mass is 10.2. The topological polar surface area (TPSA) is 107 Å². The number of carbonyl (C=O) groups is 2. The van der Waals surface area contributed by atoms with Gasteiger partial charge in [0.1, 0.15) is 0 Å². The van der Waals surface area contributed by atoms with Crippen molar-refractivity contribution in [3.63, 3.8) is 0 Å². The van der Waals surface area contributed by atoms with Gasteiger partial charge in [-0.1, -0.05) is 0 Å². The number of ether oxygens (including phenoxy) is 1. The number of hydrogen-bond donors (Lipinski definition) is 0. The first-order valence-electron chi connectivity index (χ1n) is 8.42. The highest BCUT2D eigenvalue weighted by molar-refractivity contribution is 7.98. The van der Waals surface area contributed by atoms with Crippen LogP contribution in [0.25, 0.3) is 0 Å². The van der Waals surface area contributed by atoms with E-state index >= 15 is 0 Å². The zero-order valence-electron chi connectivity index (χ0n) is 15.0. The Kier molecular flexibility index (Phi) is 8.99. The van der Waals surface area contributed by atoms with E-state index in [0.29, 0.717) is 5.56 Å². The number of esters is 1. The van der Waals surface area contributed by atoms with E-state index in [-0.39, 0.29) is 25.9 Å². The molecule has 144 valence electrons. The Balaban J connectivity index is 1.83. The second-order valence-electron chi connectivity index (χ2n) is 5.57. The van der Waals surface area contributed by atoms with Gasteiger partial charge in [-0.15, -0.1) is 23.1 Å². The van der Waals surface area contributed by atoms with Crippen molar-refractivity contribution in [1.29, 1.82) is 10.5 Å². The van der Waals surface area contributed by atoms with Crippen LogP contribution in [0.2, 0.25) is 0 Å². The van der Waals surface area contributed by atoms with Gasteiger partial charge in [-0.05, 0) is 24.3 Å². The number of thioether (sulfide) groups is 1. The van der Waals surface area contributed by atoms with Crippen LogP contribution in [-0.4, -0.2) is 41.5 Å². The van der Waals surface area contributed by atoms with Crippen LogP contribution in [0.4, 0.5) is 0 Å². The fourth-order valence-corrected chi connectivity index (χ4v) is 3.65. The van der Waals surface area contributed by atoms with Gasteiger partial charge < -0.3 is 9.64 Å². The van der Waals surface area contributed by atoms with Gasteiger partial charge in [-0.2, -0.15) is 10.5 Å². The van der Waals surface area contributed by atoms with E-state index in [9.17, 15) is 9.59 Å². The standard InChI is InChI=1S/C19H18N4O3S2/c20-7-1-9-23(10-2-8-21)18(24)11-26-19(25)15-3-5-17(6-4-15)28-13-16-12-27-14-22-16/h3-6,12,14H,1-2,9-11,13H2. The van der Waals surface area contributed by atoms with Crippen molar-refractivity contribution < 1.29 is 14.3 Å². The molecular weight excluding hydrogens is 396 g/mol. The molecule has 28 heavy (non-hydrogen) atoms. The average Bonchev–Trinajstić information content (AvgIpc) is 3.24. The first-order valence-corrected chi connectivity index (χ1v) is 10.4. The second kappa shape index (κ2) is 11.8. The maximum atomic E-state index is 12.2. The molecule has 0 aliphatic heterocycles. The van der Waals surface area contributed by atoms with Crippen molar-refractivity contribution in [1.82, 2.24) is 9.88 Å². The minimum Gasteiger partial charge on any atom is -0.452 e. The molecule has 0 aliphatic rings. The van der Waals surface area contributed by atoms with Crippen molar-refractivity contribution in [2.45, 2.75) is 23.5 Å². The summed E-state index contributed by atoms with van der Waals surface area (Å²) < 4.78 is 5.08. The smallest absolute Gasteiger partial charge is 0.338 e. The lowest BCUT2D eigenvalue weighted by Crippen LogP contribution is -2.36. The summed E-state index contributed by atoms with van der Waals surface area (Å²) in [6, 6.07) is 10.9. The minimum atomic E-state index is -0.593. The summed E-state index contributed by atoms with van der Waals surface area (Å²) in [5.74, 6) is -0.262. The van der Waals surface area contributed by atoms with E-state index in [1.165, 1.54) is 4.90 Å². The maximum absolute atomic E-state index is 12.2. The number of aromatic nitrogens is 1. The molecular formula is C19H18N4O3S2. The van der Waals surface area contributed by atoms with Gasteiger partial charge >= 0.3 is 5.97 Å². The quantitative estimate of drug-likeness (QED) is 0.434. The van der Waals surface area contributed by atoms with Gasteiger partial charge in [0.05, 0.1) is 41.7 Å². The third-order valence-electron chi connectivity index (χ3n) is 3.63. The van der Waals surface area contributed by atoms with E-state index in [0.717, 1.165) is 16.3 Å². The number of amides is 1. The van der Waals surface area contributed by atoms with Crippen LogP contribution in [0.15, 0.2) is 40.1 Å². The Labute approximate surface area is 171 Å². The van der Waals surface area contributed by atoms with Gasteiger partial charge in [0, 0.05) is 29.1 Å². The van der Waals surface area contributed by atoms with E-state index < -0.39 is 18.5 Å². The number of nitriles is 2. The highest BCUT2D eigenvalue weighted by Crippen LogP contribution is 2.23. The Bertz CT molecular complexity index is 837. The molecule has 0 saturated carbocycles. The number of thiazole rings is 1. The van der Waals surface area contributed by atoms with Crippen molar-refractivity contribution in [2.24, 2.45) is 0 Å². The summed E-state index contributed by atoms with van der Waals surface area (Å²) in [5, 5.41) is 19.3. The van der Waals surface area contributed by atoms with E-state index in [2.05, 4.69) is 4.98 Å². The molecule has 0 spiro atoms. The van der Waals surface area contributed by atoms with Crippen LogP contribution in [0.1, 0.15) is 28.9 Å². The summed E-state index contributed by atoms with van der Waals surface area (Å²) in [6.07, 6.45) is 0.316. The maximum Gasteiger partial charge on any atom is 0.338 e. The molecule has 1 heterocycles. The molecule has 0 atom stereocenters. The summed E-state index contributed by atoms with van der Waals surface area (Å²) in [5.41, 5.74) is 3.15. The van der Waals surface area contributed by atoms with Gasteiger partial charge in [0.2, 0.25) is 0 Å². The second-order valence-corrected chi connectivity index (χ2v) is 7.33. The molecule has 2 aromatic rings. The van der Waals surface area contributed by atoms with E-state index in [4.69, 9.17) is 15.3 Å². The zero-order valence-corrected chi connectivity index (χ0v) is 16.7. The van der Waals surface area contributed by atoms with Crippen LogP contribution in [0.3, 0.4) is 0 Å². The lowest BCUT2D eigenvalue weighted by Gasteiger charge is -2.20. The molecule has 0 saturated heterocycles. The Morgan fingerprint density at radius 1 is 1.14 bits per heavy atom. The van der Waals surface area contributed by atoms with Gasteiger partial charge in [-0.3, -0.25) is 4.79 Å². The van der Waals surface area contributed by atoms with Crippen molar-refractivity contribution in [3.05, 3.63) is 46.4 Å². The van der Waals surface area contributed by atoms with Crippen LogP contribution in [0, 0.1) is 22.7 Å². The molecule has 1 aromatic carbocycles. The fraction of sp³-hybridized carbons (Fsp3) is 0.316. The van der Waals surface area contributed by atoms with Crippen molar-refractivity contribution in [3.8, 4) is 12.1 Å². The summed E-state index contributed by atoms with van der Waals surface area (Å²) in [7, 11) is 0. The lowest BCUT2D eigenvalue weighted by molar-refractivity contribution is -0.134. The summed E-state index contributed by atoms with van der Waals surface area (Å²) in [4.78, 5) is 30.9. The van der Waals surface area contributed by atoms with Crippen molar-refractivity contribution in [2.75, 3.05) is 19.7 Å². The number of rotatable bonds is 10. The molecule has 0 bridgehead atoms. The molecule has 1 amide bonds. The monoisotopic (exact) mass is 414 g/mol. The van der Waals surface area contributed by atoms with E-state index in [1.54, 1.807) is 40.7 Å². The van der Waals surface area contributed by atoms with Gasteiger partial charge in [-0.25, -0.2) is 9.78 Å². The molecule has 0 radical (unpaired) electrons. The highest BCUT2D eigenvalue weighted by atomic mass is 32.2. The minimum absolute atomic E-state index is 0.158. The van der Waals surface area contributed by atoms with Crippen LogP contribution >= 0.6 is 23.1 Å². The summed E-state index contributed by atoms with van der Waals surface area (Å²) >= 11 is 3.17. The van der Waals surface area contributed by atoms with E-state index in [1.807, 2.05) is 29.7 Å². The Hall–Kier alpha value is -2.88. The Morgan fingerprint density at radius 3 is 2.39 bits per heavy atom. The highest BCUT2D eigenvalue weighted by Gasteiger charge is 2.16. The van der Waals surface area contributed by atoms with Gasteiger partial charge in [0.15, 0.2) is 6.61 Å². The Morgan fingerprint density at radius 2 is 1.82 bits per heavy atom. The first kappa shape index (κ1) is 21.4. The molecule has 0 N–H and O–H groups in total. The van der Waals surface area contributed by atoms with Crippen molar-refractivity contribution >= 4 is 35.0 Å². The predicted molar refractivity (Wildman–Crippen MR) is 105 cm³/mol. The van der Waals surface area contributed by atoms with Crippen LogP contribution in [-0.2, 0) is 15.3 Å². The van der Waals surface area contributed by atoms with Crippen LogP contribution in [0.5, 0.6) is 0 Å². The van der Waals surface area contributed by atoms with Gasteiger partial charge in [0.25, 0.3) is 5.91 Å². The third-order valence-corrected chi connectivity index (χ3v) is 5.31. The third kappa shape index (κ3) is 7.03. The first-order chi connectivity index (χ1) is 13.6. The largest absolute Gasteiger partial charge is 0.452 e. The summed E-state index contributed by atoms with van der Waals surface area (Å²) in [6.45, 7) is -0.00500. The predicted octanol–water partition coefficient (Wildman–Crippen LogP) is 3.25. The van der Waals surface area contributed by atoms with Crippen LogP contribution < -0.4 is 0 Å². The average molecular weight is 415 g/mol. The fourth-order valence-electron chi connectivity index (χ4n) is 2.19. The molecule has 9 heteroatoms. The normalized spacial score (nSPS) is 9.93. The molecule has 1 aromatic heterocycles. The number of nitrogens with zero attached hydrogens (tertiary/aromatic N) is 4. The number of hydrogen-bond acceptors (Lipinski definition) is 8. The molecule has 0 unspecified atom stereocenters. The molecule has 0 aliphatic carbocycles. The number of carbonyl (C=O) groups excluding carboxylic acids is 2. The zero-order chi connectivity index (χ0) is 20.2. The number of benzene rings is 1. The SMILES string of the molecule is N#CCCN(CCC#N)C(=O)COC(=O)c1ccc(SCc2cscn2)cc1. The molecule has 7 nitrogen and oxygen atoms in total. The molecule has 0 fully saturated rings. The molecule has 2 rings (SSSR count).